The highest BCUT2D eigenvalue weighted by Gasteiger charge is 2.16. The molecule has 8 heteroatoms. The molecule has 2 N–H and O–H groups in total. The van der Waals surface area contributed by atoms with Crippen LogP contribution < -0.4 is 15.4 Å². The summed E-state index contributed by atoms with van der Waals surface area (Å²) in [7, 11) is 1.33. The Hall–Kier alpha value is -3.86. The highest BCUT2D eigenvalue weighted by Crippen LogP contribution is 2.29. The second-order valence-corrected chi connectivity index (χ2v) is 7.24. The Balaban J connectivity index is 2.14. The van der Waals surface area contributed by atoms with Gasteiger partial charge in [-0.25, -0.2) is 0 Å². The number of hydrogen-bond acceptors (Lipinski definition) is 6. The van der Waals surface area contributed by atoms with Gasteiger partial charge >= 0.3 is 0 Å². The molecule has 2 aromatic carbocycles. The fraction of sp³-hybridized carbons (Fsp3) is 0.238. The van der Waals surface area contributed by atoms with Crippen molar-refractivity contribution in [2.75, 3.05) is 17.7 Å². The SMILES string of the molecule is COc1cc([N+](=O)[O-])ccc1NC(=O)/C(C#N)=C\Nc1ccc(C(C)(C)C)cc1. The average Bonchev–Trinajstić information content (AvgIpc) is 2.68. The van der Waals surface area contributed by atoms with Gasteiger partial charge in [0, 0.05) is 18.0 Å². The fourth-order valence-electron chi connectivity index (χ4n) is 2.46. The molecule has 0 heterocycles. The molecule has 2 rings (SSSR count). The minimum atomic E-state index is -0.668. The molecule has 0 fully saturated rings. The van der Waals surface area contributed by atoms with Crippen LogP contribution >= 0.6 is 0 Å². The molecular weight excluding hydrogens is 372 g/mol. The molecule has 0 bridgehead atoms. The molecule has 0 atom stereocenters. The molecule has 29 heavy (non-hydrogen) atoms. The molecule has 1 amide bonds. The standard InChI is InChI=1S/C21H22N4O4/c1-21(2,3)15-5-7-16(8-6-15)23-13-14(12-22)20(26)24-18-10-9-17(25(27)28)11-19(18)29-4/h5-11,13,23H,1-4H3,(H,24,26)/b14-13-. The first-order chi connectivity index (χ1) is 13.7. The summed E-state index contributed by atoms with van der Waals surface area (Å²) in [5, 5.41) is 25.6. The molecule has 150 valence electrons. The summed E-state index contributed by atoms with van der Waals surface area (Å²) in [6, 6.07) is 13.3. The van der Waals surface area contributed by atoms with Crippen molar-refractivity contribution in [3.8, 4) is 11.8 Å². The zero-order chi connectivity index (χ0) is 21.6. The molecule has 0 aliphatic carbocycles. The smallest absolute Gasteiger partial charge is 0.273 e. The van der Waals surface area contributed by atoms with Crippen molar-refractivity contribution < 1.29 is 14.5 Å². The van der Waals surface area contributed by atoms with Gasteiger partial charge in [0.05, 0.1) is 23.8 Å². The van der Waals surface area contributed by atoms with Crippen molar-refractivity contribution in [2.45, 2.75) is 26.2 Å². The number of hydrogen-bond donors (Lipinski definition) is 2. The summed E-state index contributed by atoms with van der Waals surface area (Å²) in [4.78, 5) is 22.7. The number of non-ortho nitro benzene ring substituents is 1. The van der Waals surface area contributed by atoms with Crippen molar-refractivity contribution in [3.05, 3.63) is 69.9 Å². The number of rotatable bonds is 6. The Labute approximate surface area is 169 Å². The van der Waals surface area contributed by atoms with Gasteiger partial charge in [-0.15, -0.1) is 0 Å². The van der Waals surface area contributed by atoms with Crippen LogP contribution in [0.5, 0.6) is 5.75 Å². The third kappa shape index (κ3) is 5.56. The number of benzene rings is 2. The first-order valence-corrected chi connectivity index (χ1v) is 8.77. The first-order valence-electron chi connectivity index (χ1n) is 8.77. The Morgan fingerprint density at radius 2 is 1.86 bits per heavy atom. The predicted octanol–water partition coefficient (Wildman–Crippen LogP) is 4.36. The van der Waals surface area contributed by atoms with Crippen molar-refractivity contribution in [2.24, 2.45) is 0 Å². The van der Waals surface area contributed by atoms with E-state index in [0.29, 0.717) is 0 Å². The third-order valence-electron chi connectivity index (χ3n) is 4.14. The van der Waals surface area contributed by atoms with E-state index >= 15 is 0 Å². The lowest BCUT2D eigenvalue weighted by Gasteiger charge is -2.19. The molecule has 0 spiro atoms. The number of ether oxygens (including phenoxy) is 1. The van der Waals surface area contributed by atoms with Gasteiger partial charge in [-0.2, -0.15) is 5.26 Å². The summed E-state index contributed by atoms with van der Waals surface area (Å²) in [6.45, 7) is 6.33. The molecule has 0 aliphatic heterocycles. The molecule has 0 saturated heterocycles. The number of anilines is 2. The van der Waals surface area contributed by atoms with Crippen LogP contribution in [0.4, 0.5) is 17.1 Å². The number of methoxy groups -OCH3 is 1. The molecule has 0 unspecified atom stereocenters. The summed E-state index contributed by atoms with van der Waals surface area (Å²) in [6.07, 6.45) is 1.30. The van der Waals surface area contributed by atoms with E-state index < -0.39 is 10.8 Å². The van der Waals surface area contributed by atoms with E-state index in [9.17, 15) is 20.2 Å². The lowest BCUT2D eigenvalue weighted by Crippen LogP contribution is -2.15. The summed E-state index contributed by atoms with van der Waals surface area (Å²) < 4.78 is 5.08. The highest BCUT2D eigenvalue weighted by atomic mass is 16.6. The molecule has 2 aromatic rings. The maximum Gasteiger partial charge on any atom is 0.273 e. The fourth-order valence-corrected chi connectivity index (χ4v) is 2.46. The van der Waals surface area contributed by atoms with Crippen LogP contribution in [0.15, 0.2) is 54.2 Å². The molecular formula is C21H22N4O4. The lowest BCUT2D eigenvalue weighted by atomic mass is 9.87. The second kappa shape index (κ2) is 8.89. The maximum atomic E-state index is 12.4. The van der Waals surface area contributed by atoms with Gasteiger partial charge in [0.25, 0.3) is 11.6 Å². The van der Waals surface area contributed by atoms with Crippen LogP contribution in [0.25, 0.3) is 0 Å². The van der Waals surface area contributed by atoms with Gasteiger partial charge in [0.15, 0.2) is 0 Å². The Bertz CT molecular complexity index is 983. The van der Waals surface area contributed by atoms with Crippen LogP contribution in [0.3, 0.4) is 0 Å². The number of nitrogens with zero attached hydrogens (tertiary/aromatic N) is 2. The predicted molar refractivity (Wildman–Crippen MR) is 111 cm³/mol. The normalized spacial score (nSPS) is 11.3. The van der Waals surface area contributed by atoms with Crippen LogP contribution in [0, 0.1) is 21.4 Å². The van der Waals surface area contributed by atoms with E-state index in [4.69, 9.17) is 4.74 Å². The van der Waals surface area contributed by atoms with Crippen molar-refractivity contribution in [3.63, 3.8) is 0 Å². The van der Waals surface area contributed by atoms with Gasteiger partial charge in [-0.05, 0) is 29.2 Å². The number of nitriles is 1. The van der Waals surface area contributed by atoms with E-state index in [0.717, 1.165) is 11.3 Å². The quantitative estimate of drug-likeness (QED) is 0.325. The third-order valence-corrected chi connectivity index (χ3v) is 4.14. The van der Waals surface area contributed by atoms with Crippen molar-refractivity contribution in [1.82, 2.24) is 0 Å². The molecule has 0 saturated carbocycles. The molecule has 0 radical (unpaired) electrons. The second-order valence-electron chi connectivity index (χ2n) is 7.24. The Morgan fingerprint density at radius 1 is 1.21 bits per heavy atom. The number of carbonyl (C=O) groups is 1. The minimum Gasteiger partial charge on any atom is -0.494 e. The summed E-state index contributed by atoms with van der Waals surface area (Å²) in [5.74, 6) is -0.547. The van der Waals surface area contributed by atoms with Crippen LogP contribution in [0.1, 0.15) is 26.3 Å². The highest BCUT2D eigenvalue weighted by molar-refractivity contribution is 6.07. The number of carbonyl (C=O) groups excluding carboxylic acids is 1. The maximum absolute atomic E-state index is 12.4. The monoisotopic (exact) mass is 394 g/mol. The van der Waals surface area contributed by atoms with Crippen molar-refractivity contribution in [1.29, 1.82) is 5.26 Å². The van der Waals surface area contributed by atoms with Crippen molar-refractivity contribution >= 4 is 23.0 Å². The lowest BCUT2D eigenvalue weighted by molar-refractivity contribution is -0.384. The van der Waals surface area contributed by atoms with Gasteiger partial charge < -0.3 is 15.4 Å². The van der Waals surface area contributed by atoms with Gasteiger partial charge in [0.2, 0.25) is 0 Å². The number of nitro benzene ring substituents is 1. The number of nitrogens with one attached hydrogen (secondary N) is 2. The topological polar surface area (TPSA) is 117 Å². The van der Waals surface area contributed by atoms with Crippen LogP contribution in [0.2, 0.25) is 0 Å². The Morgan fingerprint density at radius 3 is 2.38 bits per heavy atom. The van der Waals surface area contributed by atoms with Crippen LogP contribution in [-0.2, 0) is 10.2 Å². The van der Waals surface area contributed by atoms with E-state index in [-0.39, 0.29) is 28.1 Å². The van der Waals surface area contributed by atoms with Gasteiger partial charge in [-0.3, -0.25) is 14.9 Å². The molecule has 0 aliphatic rings. The Kier molecular flexibility index (Phi) is 6.57. The summed E-state index contributed by atoms with van der Waals surface area (Å²) >= 11 is 0. The number of amides is 1. The zero-order valence-electron chi connectivity index (χ0n) is 16.6. The number of nitro groups is 1. The zero-order valence-corrected chi connectivity index (χ0v) is 16.6. The first kappa shape index (κ1) is 21.4. The van der Waals surface area contributed by atoms with Crippen LogP contribution in [-0.4, -0.2) is 17.9 Å². The minimum absolute atomic E-state index is 0.0237. The van der Waals surface area contributed by atoms with E-state index in [1.54, 1.807) is 0 Å². The van der Waals surface area contributed by atoms with E-state index in [1.807, 2.05) is 30.3 Å². The molecule has 0 aromatic heterocycles. The summed E-state index contributed by atoms with van der Waals surface area (Å²) in [5.41, 5.74) is 1.80. The molecule has 8 nitrogen and oxygen atoms in total. The van der Waals surface area contributed by atoms with E-state index in [2.05, 4.69) is 31.4 Å². The van der Waals surface area contributed by atoms with Gasteiger partial charge in [0.1, 0.15) is 17.4 Å². The van der Waals surface area contributed by atoms with E-state index in [1.165, 1.54) is 31.5 Å². The average molecular weight is 394 g/mol. The largest absolute Gasteiger partial charge is 0.494 e. The van der Waals surface area contributed by atoms with Gasteiger partial charge in [-0.1, -0.05) is 32.9 Å².